The molecule has 2 aromatic carbocycles. The Bertz CT molecular complexity index is 1350. The number of aliphatic carboxylic acids is 1. The van der Waals surface area contributed by atoms with Gasteiger partial charge in [-0.3, -0.25) is 0 Å². The predicted octanol–water partition coefficient (Wildman–Crippen LogP) is 5.64. The Morgan fingerprint density at radius 1 is 1.30 bits per heavy atom. The molecule has 0 amide bonds. The Kier molecular flexibility index (Phi) is 9.23. The number of hydrogen-bond acceptors (Lipinski definition) is 5. The first-order valence-corrected chi connectivity index (χ1v) is 13.8. The van der Waals surface area contributed by atoms with E-state index in [1.165, 1.54) is 23.6 Å². The number of fused-ring (bicyclic) bond motifs is 1. The maximum atomic E-state index is 13.5. The molecule has 0 bridgehead atoms. The summed E-state index contributed by atoms with van der Waals surface area (Å²) in [5.74, 6) is -0.403. The smallest absolute Gasteiger partial charge is 0.341 e. The van der Waals surface area contributed by atoms with Crippen molar-refractivity contribution in [2.75, 3.05) is 13.7 Å². The Hall–Kier alpha value is -3.07. The minimum absolute atomic E-state index is 0.0779. The molecule has 0 radical (unpaired) electrons. The van der Waals surface area contributed by atoms with Gasteiger partial charge in [0.2, 0.25) is 10.0 Å². The summed E-state index contributed by atoms with van der Waals surface area (Å²) in [7, 11) is -2.42. The summed E-state index contributed by atoms with van der Waals surface area (Å²) in [5.41, 5.74) is 10.0. The fourth-order valence-electron chi connectivity index (χ4n) is 4.42. The van der Waals surface area contributed by atoms with E-state index in [-0.39, 0.29) is 4.91 Å². The van der Waals surface area contributed by atoms with E-state index < -0.39 is 28.6 Å². The number of carbonyl (C=O) groups is 1. The van der Waals surface area contributed by atoms with Crippen LogP contribution in [0.25, 0.3) is 5.57 Å². The first kappa shape index (κ1) is 28.5. The first-order chi connectivity index (χ1) is 17.4. The normalized spacial score (nSPS) is 16.3. The monoisotopic (exact) mass is 544 g/mol. The van der Waals surface area contributed by atoms with Gasteiger partial charge in [-0.1, -0.05) is 62.4 Å². The summed E-state index contributed by atoms with van der Waals surface area (Å²) in [6.07, 6.45) is 6.46. The molecule has 1 atom stereocenters. The number of carboxylic acids is 1. The van der Waals surface area contributed by atoms with Crippen LogP contribution in [0.1, 0.15) is 60.9 Å². The van der Waals surface area contributed by atoms with Gasteiger partial charge in [-0.2, -0.15) is 4.31 Å². The van der Waals surface area contributed by atoms with Crippen molar-refractivity contribution in [1.29, 1.82) is 0 Å². The fourth-order valence-corrected chi connectivity index (χ4v) is 5.80. The highest BCUT2D eigenvalue weighted by Crippen LogP contribution is 2.41. The van der Waals surface area contributed by atoms with Gasteiger partial charge in [-0.05, 0) is 71.2 Å². The van der Waals surface area contributed by atoms with Crippen molar-refractivity contribution >= 4 is 33.2 Å². The van der Waals surface area contributed by atoms with Crippen molar-refractivity contribution in [3.05, 3.63) is 93.5 Å². The van der Waals surface area contributed by atoms with E-state index in [0.29, 0.717) is 47.1 Å². The molecule has 3 rings (SSSR count). The number of rotatable bonds is 10. The Labute approximate surface area is 223 Å². The van der Waals surface area contributed by atoms with E-state index in [1.54, 1.807) is 18.2 Å². The summed E-state index contributed by atoms with van der Waals surface area (Å²) < 4.78 is 33.7. The zero-order valence-electron chi connectivity index (χ0n) is 21.3. The van der Waals surface area contributed by atoms with Crippen LogP contribution in [-0.2, 0) is 21.2 Å². The van der Waals surface area contributed by atoms with Crippen molar-refractivity contribution in [2.24, 2.45) is 5.73 Å². The van der Waals surface area contributed by atoms with Crippen molar-refractivity contribution in [3.63, 3.8) is 0 Å². The SMILES string of the molecule is C=C(/C=C\C(=C/N)c1cccc(C(C)C)c1)S(=O)(=O)N(C)C1CCCc2c(OCC(=O)O)cc(Cl)cc21. The van der Waals surface area contributed by atoms with E-state index in [2.05, 4.69) is 20.4 Å². The third kappa shape index (κ3) is 6.63. The second-order valence-corrected chi connectivity index (χ2v) is 11.8. The molecule has 198 valence electrons. The van der Waals surface area contributed by atoms with E-state index in [9.17, 15) is 13.2 Å². The molecule has 0 saturated carbocycles. The Morgan fingerprint density at radius 2 is 2.03 bits per heavy atom. The number of allylic oxidation sites excluding steroid dienone is 3. The highest BCUT2D eigenvalue weighted by molar-refractivity contribution is 7.93. The summed E-state index contributed by atoms with van der Waals surface area (Å²) in [6, 6.07) is 10.7. The molecule has 0 saturated heterocycles. The van der Waals surface area contributed by atoms with Crippen molar-refractivity contribution in [1.82, 2.24) is 4.31 Å². The van der Waals surface area contributed by atoms with Gasteiger partial charge in [-0.15, -0.1) is 0 Å². The summed E-state index contributed by atoms with van der Waals surface area (Å²) in [6.45, 7) is 7.52. The van der Waals surface area contributed by atoms with Crippen LogP contribution in [0.4, 0.5) is 0 Å². The molecule has 2 aromatic rings. The average Bonchev–Trinajstić information content (AvgIpc) is 2.86. The van der Waals surface area contributed by atoms with Gasteiger partial charge in [0.05, 0.1) is 10.9 Å². The molecule has 0 fully saturated rings. The van der Waals surface area contributed by atoms with E-state index in [1.807, 2.05) is 24.3 Å². The number of halogens is 1. The molecular weight excluding hydrogens is 512 g/mol. The lowest BCUT2D eigenvalue weighted by Gasteiger charge is -2.33. The molecular formula is C28H33ClN2O5S. The van der Waals surface area contributed by atoms with Gasteiger partial charge in [0.15, 0.2) is 6.61 Å². The van der Waals surface area contributed by atoms with Gasteiger partial charge in [0.1, 0.15) is 5.75 Å². The number of hydrogen-bond donors (Lipinski definition) is 2. The van der Waals surface area contributed by atoms with Crippen LogP contribution in [0, 0.1) is 0 Å². The quantitative estimate of drug-likeness (QED) is 0.375. The zero-order valence-corrected chi connectivity index (χ0v) is 22.8. The number of carboxylic acid groups (broad SMARTS) is 1. The lowest BCUT2D eigenvalue weighted by molar-refractivity contribution is -0.139. The van der Waals surface area contributed by atoms with Gasteiger partial charge >= 0.3 is 5.97 Å². The standard InChI is InChI=1S/C28H33ClN2O5S/c1-18(2)20-7-5-8-21(13-20)22(16-30)12-11-19(3)37(34,35)31(4)26-10-6-9-24-25(26)14-23(29)15-27(24)36-17-28(32)33/h5,7-8,11-16,18,26H,3,6,9-10,17,30H2,1-2,4H3,(H,32,33)/b12-11-,22-16+. The molecule has 0 aliphatic heterocycles. The number of nitrogens with two attached hydrogens (primary N) is 1. The Balaban J connectivity index is 1.87. The van der Waals surface area contributed by atoms with Crippen molar-refractivity contribution < 1.29 is 23.1 Å². The van der Waals surface area contributed by atoms with Crippen LogP contribution in [0.5, 0.6) is 5.75 Å². The van der Waals surface area contributed by atoms with Crippen LogP contribution in [0.2, 0.25) is 5.02 Å². The fraction of sp³-hybridized carbons (Fsp3) is 0.321. The summed E-state index contributed by atoms with van der Waals surface area (Å²) in [4.78, 5) is 10.9. The molecule has 1 aliphatic carbocycles. The molecule has 9 heteroatoms. The summed E-state index contributed by atoms with van der Waals surface area (Å²) in [5, 5.41) is 9.34. The molecule has 1 unspecified atom stereocenters. The second-order valence-electron chi connectivity index (χ2n) is 9.29. The predicted molar refractivity (Wildman–Crippen MR) is 148 cm³/mol. The minimum atomic E-state index is -3.93. The van der Waals surface area contributed by atoms with Crippen LogP contribution in [0.3, 0.4) is 0 Å². The third-order valence-electron chi connectivity index (χ3n) is 6.49. The van der Waals surface area contributed by atoms with E-state index in [4.69, 9.17) is 27.2 Å². The number of sulfonamides is 1. The van der Waals surface area contributed by atoms with Gasteiger partial charge in [0, 0.05) is 18.3 Å². The van der Waals surface area contributed by atoms with E-state index in [0.717, 1.165) is 16.7 Å². The zero-order chi connectivity index (χ0) is 27.3. The largest absolute Gasteiger partial charge is 0.482 e. The van der Waals surface area contributed by atoms with Gasteiger partial charge in [0.25, 0.3) is 0 Å². The molecule has 0 spiro atoms. The number of nitrogens with zero attached hydrogens (tertiary/aromatic N) is 1. The number of ether oxygens (including phenoxy) is 1. The minimum Gasteiger partial charge on any atom is -0.482 e. The lowest BCUT2D eigenvalue weighted by Crippen LogP contribution is -2.34. The third-order valence-corrected chi connectivity index (χ3v) is 8.52. The maximum absolute atomic E-state index is 13.5. The second kappa shape index (κ2) is 12.0. The van der Waals surface area contributed by atoms with Crippen molar-refractivity contribution in [3.8, 4) is 5.75 Å². The average molecular weight is 545 g/mol. The Morgan fingerprint density at radius 3 is 2.68 bits per heavy atom. The summed E-state index contributed by atoms with van der Waals surface area (Å²) >= 11 is 6.29. The molecule has 37 heavy (non-hydrogen) atoms. The van der Waals surface area contributed by atoms with Gasteiger partial charge < -0.3 is 15.6 Å². The van der Waals surface area contributed by atoms with Crippen LogP contribution < -0.4 is 10.5 Å². The van der Waals surface area contributed by atoms with Crippen LogP contribution in [-0.4, -0.2) is 37.5 Å². The molecule has 3 N–H and O–H groups in total. The van der Waals surface area contributed by atoms with E-state index >= 15 is 0 Å². The highest BCUT2D eigenvalue weighted by atomic mass is 35.5. The maximum Gasteiger partial charge on any atom is 0.341 e. The van der Waals surface area contributed by atoms with Crippen molar-refractivity contribution in [2.45, 2.75) is 45.1 Å². The molecule has 1 aliphatic rings. The molecule has 0 heterocycles. The van der Waals surface area contributed by atoms with Gasteiger partial charge in [-0.25, -0.2) is 13.2 Å². The van der Waals surface area contributed by atoms with Crippen LogP contribution >= 0.6 is 11.6 Å². The van der Waals surface area contributed by atoms with Crippen LogP contribution in [0.15, 0.2) is 66.2 Å². The molecule has 0 aromatic heterocycles. The highest BCUT2D eigenvalue weighted by Gasteiger charge is 2.33. The first-order valence-electron chi connectivity index (χ1n) is 12.0. The molecule has 7 nitrogen and oxygen atoms in total. The lowest BCUT2D eigenvalue weighted by atomic mass is 9.87. The topological polar surface area (TPSA) is 110 Å². The number of benzene rings is 2.